The predicted octanol–water partition coefficient (Wildman–Crippen LogP) is 4.14. The summed E-state index contributed by atoms with van der Waals surface area (Å²) in [4.78, 5) is 17.6. The predicted molar refractivity (Wildman–Crippen MR) is 107 cm³/mol. The third-order valence-electron chi connectivity index (χ3n) is 4.50. The van der Waals surface area contributed by atoms with E-state index in [1.807, 2.05) is 59.5 Å². The van der Waals surface area contributed by atoms with E-state index in [9.17, 15) is 9.90 Å². The number of guanidine groups is 1. The first-order valence-electron chi connectivity index (χ1n) is 8.86. The molecule has 0 bridgehead atoms. The van der Waals surface area contributed by atoms with Crippen LogP contribution in [-0.4, -0.2) is 21.9 Å². The number of hydrogen-bond donors (Lipinski definition) is 2. The van der Waals surface area contributed by atoms with Crippen molar-refractivity contribution < 1.29 is 14.6 Å². The van der Waals surface area contributed by atoms with Gasteiger partial charge in [0.25, 0.3) is 0 Å². The minimum absolute atomic E-state index is 0.254. The molecule has 0 unspecified atom stereocenters. The van der Waals surface area contributed by atoms with Crippen molar-refractivity contribution in [2.75, 3.05) is 0 Å². The number of carboxylic acids is 1. The molecule has 28 heavy (non-hydrogen) atoms. The van der Waals surface area contributed by atoms with E-state index in [1.54, 1.807) is 18.2 Å². The first-order valence-corrected chi connectivity index (χ1v) is 8.86. The van der Waals surface area contributed by atoms with Crippen LogP contribution in [0, 0.1) is 0 Å². The lowest BCUT2D eigenvalue weighted by molar-refractivity contribution is 0.0696. The fourth-order valence-corrected chi connectivity index (χ4v) is 3.13. The van der Waals surface area contributed by atoms with Crippen LogP contribution in [0.4, 0.5) is 5.69 Å². The van der Waals surface area contributed by atoms with Crippen molar-refractivity contribution in [3.8, 4) is 11.5 Å². The molecule has 0 saturated heterocycles. The maximum atomic E-state index is 11.2. The van der Waals surface area contributed by atoms with Gasteiger partial charge in [0.05, 0.1) is 11.3 Å². The molecule has 6 heteroatoms. The van der Waals surface area contributed by atoms with Crippen LogP contribution in [0.1, 0.15) is 21.5 Å². The van der Waals surface area contributed by atoms with E-state index in [0.29, 0.717) is 19.0 Å². The Kier molecular flexibility index (Phi) is 4.68. The smallest absolute Gasteiger partial charge is 0.335 e. The van der Waals surface area contributed by atoms with Crippen molar-refractivity contribution in [2.24, 2.45) is 10.7 Å². The Morgan fingerprint density at radius 2 is 1.86 bits per heavy atom. The van der Waals surface area contributed by atoms with Crippen molar-refractivity contribution >= 4 is 17.6 Å². The lowest BCUT2D eigenvalue weighted by atomic mass is 10.1. The van der Waals surface area contributed by atoms with Gasteiger partial charge in [-0.25, -0.2) is 9.79 Å². The number of carbonyl (C=O) groups is 1. The molecule has 1 heterocycles. The topological polar surface area (TPSA) is 88.2 Å². The standard InChI is InChI=1S/C22H19N3O3/c23-22-24-20-10-9-19(28-18-7-2-1-3-8-18)12-17(20)14-25(22)13-15-5-4-6-16(11-15)21(26)27/h1-12H,13-14H2,(H2,23,24)(H,26,27). The first kappa shape index (κ1) is 17.6. The van der Waals surface area contributed by atoms with Gasteiger partial charge >= 0.3 is 5.97 Å². The molecule has 0 atom stereocenters. The lowest BCUT2D eigenvalue weighted by Crippen LogP contribution is -2.38. The van der Waals surface area contributed by atoms with Crippen molar-refractivity contribution in [1.29, 1.82) is 0 Å². The minimum atomic E-state index is -0.949. The molecule has 0 aromatic heterocycles. The molecule has 140 valence electrons. The second-order valence-corrected chi connectivity index (χ2v) is 6.54. The van der Waals surface area contributed by atoms with E-state index in [2.05, 4.69) is 4.99 Å². The Labute approximate surface area is 162 Å². The molecular formula is C22H19N3O3. The average Bonchev–Trinajstić information content (AvgIpc) is 2.70. The molecule has 0 radical (unpaired) electrons. The summed E-state index contributed by atoms with van der Waals surface area (Å²) in [6.07, 6.45) is 0. The van der Waals surface area contributed by atoms with Crippen LogP contribution in [0.5, 0.6) is 11.5 Å². The molecule has 0 spiro atoms. The van der Waals surface area contributed by atoms with Gasteiger partial charge in [-0.15, -0.1) is 0 Å². The van der Waals surface area contributed by atoms with Crippen molar-refractivity contribution in [3.63, 3.8) is 0 Å². The zero-order valence-electron chi connectivity index (χ0n) is 15.1. The van der Waals surface area contributed by atoms with Crippen LogP contribution in [0.15, 0.2) is 77.8 Å². The molecule has 1 aliphatic heterocycles. The summed E-state index contributed by atoms with van der Waals surface area (Å²) in [5, 5.41) is 9.17. The largest absolute Gasteiger partial charge is 0.478 e. The highest BCUT2D eigenvalue weighted by Gasteiger charge is 2.19. The second-order valence-electron chi connectivity index (χ2n) is 6.54. The maximum Gasteiger partial charge on any atom is 0.335 e. The molecule has 1 aliphatic rings. The second kappa shape index (κ2) is 7.44. The van der Waals surface area contributed by atoms with Gasteiger partial charge < -0.3 is 20.5 Å². The fraction of sp³-hybridized carbons (Fsp3) is 0.0909. The third-order valence-corrected chi connectivity index (χ3v) is 4.50. The SMILES string of the molecule is NC1=Nc2ccc(Oc3ccccc3)cc2CN1Cc1cccc(C(=O)O)c1. The third kappa shape index (κ3) is 3.81. The molecule has 0 amide bonds. The number of hydrogen-bond acceptors (Lipinski definition) is 5. The summed E-state index contributed by atoms with van der Waals surface area (Å²) in [6, 6.07) is 22.1. The molecule has 0 fully saturated rings. The number of benzene rings is 3. The van der Waals surface area contributed by atoms with Gasteiger partial charge in [-0.2, -0.15) is 0 Å². The molecule has 4 rings (SSSR count). The van der Waals surface area contributed by atoms with Crippen molar-refractivity contribution in [3.05, 3.63) is 89.5 Å². The maximum absolute atomic E-state index is 11.2. The normalized spacial score (nSPS) is 12.9. The number of rotatable bonds is 5. The van der Waals surface area contributed by atoms with Crippen molar-refractivity contribution in [1.82, 2.24) is 4.90 Å². The van der Waals surface area contributed by atoms with Gasteiger partial charge in [0.2, 0.25) is 0 Å². The van der Waals surface area contributed by atoms with Gasteiger partial charge in [-0.1, -0.05) is 30.3 Å². The molecule has 0 aliphatic carbocycles. The van der Waals surface area contributed by atoms with E-state index >= 15 is 0 Å². The van der Waals surface area contributed by atoms with Crippen LogP contribution < -0.4 is 10.5 Å². The Morgan fingerprint density at radius 1 is 1.04 bits per heavy atom. The number of nitrogens with two attached hydrogens (primary N) is 1. The Morgan fingerprint density at radius 3 is 2.64 bits per heavy atom. The van der Waals surface area contributed by atoms with Crippen LogP contribution in [0.2, 0.25) is 0 Å². The number of fused-ring (bicyclic) bond motifs is 1. The van der Waals surface area contributed by atoms with Crippen LogP contribution >= 0.6 is 0 Å². The number of aromatic carboxylic acids is 1. The van der Waals surface area contributed by atoms with Crippen LogP contribution in [-0.2, 0) is 13.1 Å². The monoisotopic (exact) mass is 373 g/mol. The summed E-state index contributed by atoms with van der Waals surface area (Å²) in [5.41, 5.74) is 9.05. The van der Waals surface area contributed by atoms with Gasteiger partial charge in [0.15, 0.2) is 5.96 Å². The summed E-state index contributed by atoms with van der Waals surface area (Å²) >= 11 is 0. The fourth-order valence-electron chi connectivity index (χ4n) is 3.13. The van der Waals surface area contributed by atoms with Gasteiger partial charge in [0.1, 0.15) is 11.5 Å². The zero-order chi connectivity index (χ0) is 19.5. The van der Waals surface area contributed by atoms with Crippen molar-refractivity contribution in [2.45, 2.75) is 13.1 Å². The number of para-hydroxylation sites is 1. The summed E-state index contributed by atoms with van der Waals surface area (Å²) in [5.74, 6) is 0.956. The number of ether oxygens (including phenoxy) is 1. The Bertz CT molecular complexity index is 1050. The highest BCUT2D eigenvalue weighted by molar-refractivity contribution is 5.88. The molecule has 6 nitrogen and oxygen atoms in total. The van der Waals surface area contributed by atoms with Gasteiger partial charge in [0, 0.05) is 18.7 Å². The van der Waals surface area contributed by atoms with E-state index in [1.165, 1.54) is 0 Å². The lowest BCUT2D eigenvalue weighted by Gasteiger charge is -2.28. The molecule has 3 N–H and O–H groups in total. The summed E-state index contributed by atoms with van der Waals surface area (Å²) in [7, 11) is 0. The number of carboxylic acid groups (broad SMARTS) is 1. The summed E-state index contributed by atoms with van der Waals surface area (Å²) in [6.45, 7) is 1.04. The quantitative estimate of drug-likeness (QED) is 0.702. The van der Waals surface area contributed by atoms with E-state index in [-0.39, 0.29) is 5.56 Å². The molecule has 3 aromatic rings. The average molecular weight is 373 g/mol. The Hall–Kier alpha value is -3.80. The van der Waals surface area contributed by atoms with Crippen LogP contribution in [0.25, 0.3) is 0 Å². The Balaban J connectivity index is 1.54. The van der Waals surface area contributed by atoms with Crippen LogP contribution in [0.3, 0.4) is 0 Å². The first-order chi connectivity index (χ1) is 13.6. The van der Waals surface area contributed by atoms with Gasteiger partial charge in [-0.3, -0.25) is 0 Å². The molecular weight excluding hydrogens is 354 g/mol. The van der Waals surface area contributed by atoms with Gasteiger partial charge in [-0.05, 0) is 48.0 Å². The van der Waals surface area contributed by atoms with E-state index < -0.39 is 5.97 Å². The minimum Gasteiger partial charge on any atom is -0.478 e. The zero-order valence-corrected chi connectivity index (χ0v) is 15.1. The molecule has 3 aromatic carbocycles. The highest BCUT2D eigenvalue weighted by Crippen LogP contribution is 2.31. The molecule has 0 saturated carbocycles. The number of aliphatic imine (C=N–C) groups is 1. The summed E-state index contributed by atoms with van der Waals surface area (Å²) < 4.78 is 5.90. The highest BCUT2D eigenvalue weighted by atomic mass is 16.5. The van der Waals surface area contributed by atoms with E-state index in [4.69, 9.17) is 10.5 Å². The van der Waals surface area contributed by atoms with E-state index in [0.717, 1.165) is 28.3 Å². The number of nitrogens with zero attached hydrogens (tertiary/aromatic N) is 2.